The summed E-state index contributed by atoms with van der Waals surface area (Å²) in [4.78, 5) is 37.5. The van der Waals surface area contributed by atoms with Gasteiger partial charge in [0.15, 0.2) is 6.10 Å². The molecular formula is C25H22O7. The molecule has 0 radical (unpaired) electrons. The lowest BCUT2D eigenvalue weighted by molar-refractivity contribution is -0.175. The molecule has 3 aromatic carbocycles. The highest BCUT2D eigenvalue weighted by atomic mass is 16.6. The normalized spacial score (nSPS) is 12.3. The van der Waals surface area contributed by atoms with Crippen molar-refractivity contribution >= 4 is 17.9 Å². The van der Waals surface area contributed by atoms with Crippen LogP contribution in [0.25, 0.3) is 0 Å². The van der Waals surface area contributed by atoms with Crippen LogP contribution in [-0.4, -0.2) is 35.2 Å². The van der Waals surface area contributed by atoms with Crippen LogP contribution in [0.2, 0.25) is 0 Å². The molecule has 7 nitrogen and oxygen atoms in total. The highest BCUT2D eigenvalue weighted by molar-refractivity contribution is 5.93. The van der Waals surface area contributed by atoms with Gasteiger partial charge in [0.05, 0.1) is 5.56 Å². The molecule has 1 N–H and O–H groups in total. The molecule has 0 bridgehead atoms. The first-order valence-corrected chi connectivity index (χ1v) is 9.90. The Balaban J connectivity index is 1.69. The van der Waals surface area contributed by atoms with Crippen LogP contribution in [0, 0.1) is 0 Å². The van der Waals surface area contributed by atoms with E-state index >= 15 is 0 Å². The summed E-state index contributed by atoms with van der Waals surface area (Å²) in [5, 5.41) is 10.5. The minimum absolute atomic E-state index is 0.116. The van der Waals surface area contributed by atoms with Crippen molar-refractivity contribution in [1.82, 2.24) is 0 Å². The molecule has 0 saturated carbocycles. The molecule has 0 aliphatic rings. The van der Waals surface area contributed by atoms with Gasteiger partial charge in [0.1, 0.15) is 13.2 Å². The SMILES string of the molecule is O=C(O[C@H](C(=O)OCc1ccccc1)[C@H](O)C(=O)OCc1ccccc1)c1ccccc1. The van der Waals surface area contributed by atoms with E-state index in [-0.39, 0.29) is 18.8 Å². The first-order chi connectivity index (χ1) is 15.5. The number of benzene rings is 3. The molecule has 0 amide bonds. The molecule has 3 rings (SSSR count). The zero-order valence-corrected chi connectivity index (χ0v) is 17.1. The summed E-state index contributed by atoms with van der Waals surface area (Å²) in [6.45, 7) is -0.236. The average molecular weight is 434 g/mol. The van der Waals surface area contributed by atoms with Crippen LogP contribution < -0.4 is 0 Å². The summed E-state index contributed by atoms with van der Waals surface area (Å²) in [5.41, 5.74) is 1.53. The molecule has 0 saturated heterocycles. The number of aliphatic hydroxyl groups is 1. The average Bonchev–Trinajstić information content (AvgIpc) is 2.85. The van der Waals surface area contributed by atoms with Gasteiger partial charge in [-0.25, -0.2) is 14.4 Å². The smallest absolute Gasteiger partial charge is 0.351 e. The third-order valence-electron chi connectivity index (χ3n) is 4.45. The van der Waals surface area contributed by atoms with Crippen molar-refractivity contribution in [3.8, 4) is 0 Å². The van der Waals surface area contributed by atoms with Crippen LogP contribution in [0.1, 0.15) is 21.5 Å². The second-order valence-corrected chi connectivity index (χ2v) is 6.82. The Bertz CT molecular complexity index is 1020. The fourth-order valence-corrected chi connectivity index (χ4v) is 2.75. The molecule has 164 valence electrons. The van der Waals surface area contributed by atoms with Crippen molar-refractivity contribution < 1.29 is 33.7 Å². The van der Waals surface area contributed by atoms with E-state index in [1.165, 1.54) is 12.1 Å². The molecule has 0 aliphatic heterocycles. The molecule has 2 atom stereocenters. The summed E-state index contributed by atoms with van der Waals surface area (Å²) in [6, 6.07) is 25.5. The molecular weight excluding hydrogens is 412 g/mol. The Labute approximate surface area is 185 Å². The van der Waals surface area contributed by atoms with Crippen LogP contribution in [-0.2, 0) is 37.0 Å². The lowest BCUT2D eigenvalue weighted by Crippen LogP contribution is -2.44. The van der Waals surface area contributed by atoms with Gasteiger partial charge in [0, 0.05) is 0 Å². The van der Waals surface area contributed by atoms with Gasteiger partial charge in [-0.05, 0) is 23.3 Å². The third kappa shape index (κ3) is 6.52. The van der Waals surface area contributed by atoms with Gasteiger partial charge in [0.2, 0.25) is 6.10 Å². The quantitative estimate of drug-likeness (QED) is 0.408. The molecule has 0 aliphatic carbocycles. The largest absolute Gasteiger partial charge is 0.459 e. The van der Waals surface area contributed by atoms with Crippen LogP contribution >= 0.6 is 0 Å². The number of carbonyl (C=O) groups is 3. The van der Waals surface area contributed by atoms with Crippen LogP contribution in [0.4, 0.5) is 0 Å². The van der Waals surface area contributed by atoms with E-state index in [4.69, 9.17) is 14.2 Å². The Morgan fingerprint density at radius 1 is 0.656 bits per heavy atom. The van der Waals surface area contributed by atoms with E-state index in [0.717, 1.165) is 0 Å². The predicted octanol–water partition coefficient (Wildman–Crippen LogP) is 3.06. The molecule has 0 fully saturated rings. The lowest BCUT2D eigenvalue weighted by atomic mass is 10.2. The maximum Gasteiger partial charge on any atom is 0.351 e. The van der Waals surface area contributed by atoms with Crippen molar-refractivity contribution in [3.63, 3.8) is 0 Å². The first-order valence-electron chi connectivity index (χ1n) is 9.90. The number of hydrogen-bond acceptors (Lipinski definition) is 7. The molecule has 0 spiro atoms. The first kappa shape index (κ1) is 22.7. The highest BCUT2D eigenvalue weighted by Gasteiger charge is 2.38. The monoisotopic (exact) mass is 434 g/mol. The topological polar surface area (TPSA) is 99.1 Å². The number of aliphatic hydroxyl groups excluding tert-OH is 1. The Morgan fingerprint density at radius 3 is 1.59 bits per heavy atom. The molecule has 3 aromatic rings. The van der Waals surface area contributed by atoms with Gasteiger partial charge in [-0.3, -0.25) is 0 Å². The van der Waals surface area contributed by atoms with Crippen LogP contribution in [0.3, 0.4) is 0 Å². The molecule has 7 heteroatoms. The Hall–Kier alpha value is -3.97. The van der Waals surface area contributed by atoms with E-state index in [2.05, 4.69) is 0 Å². The van der Waals surface area contributed by atoms with Crippen molar-refractivity contribution in [3.05, 3.63) is 108 Å². The predicted molar refractivity (Wildman–Crippen MR) is 114 cm³/mol. The lowest BCUT2D eigenvalue weighted by Gasteiger charge is -2.21. The summed E-state index contributed by atoms with van der Waals surface area (Å²) in [5.74, 6) is -3.07. The third-order valence-corrected chi connectivity index (χ3v) is 4.45. The van der Waals surface area contributed by atoms with Crippen molar-refractivity contribution in [2.45, 2.75) is 25.4 Å². The maximum absolute atomic E-state index is 12.6. The van der Waals surface area contributed by atoms with Crippen LogP contribution in [0.15, 0.2) is 91.0 Å². The maximum atomic E-state index is 12.6. The second-order valence-electron chi connectivity index (χ2n) is 6.82. The fraction of sp³-hybridized carbons (Fsp3) is 0.160. The fourth-order valence-electron chi connectivity index (χ4n) is 2.75. The van der Waals surface area contributed by atoms with E-state index in [0.29, 0.717) is 11.1 Å². The number of rotatable bonds is 9. The molecule has 32 heavy (non-hydrogen) atoms. The summed E-state index contributed by atoms with van der Waals surface area (Å²) < 4.78 is 15.4. The molecule has 0 aromatic heterocycles. The van der Waals surface area contributed by atoms with Crippen LogP contribution in [0.5, 0.6) is 0 Å². The zero-order valence-electron chi connectivity index (χ0n) is 17.1. The summed E-state index contributed by atoms with van der Waals surface area (Å²) in [7, 11) is 0. The van der Waals surface area contributed by atoms with Gasteiger partial charge in [-0.1, -0.05) is 78.9 Å². The minimum Gasteiger partial charge on any atom is -0.459 e. The van der Waals surface area contributed by atoms with E-state index in [1.807, 2.05) is 12.1 Å². The van der Waals surface area contributed by atoms with Crippen molar-refractivity contribution in [1.29, 1.82) is 0 Å². The number of ether oxygens (including phenoxy) is 3. The van der Waals surface area contributed by atoms with Crippen molar-refractivity contribution in [2.75, 3.05) is 0 Å². The van der Waals surface area contributed by atoms with E-state index < -0.39 is 30.1 Å². The van der Waals surface area contributed by atoms with Gasteiger partial charge < -0.3 is 19.3 Å². The van der Waals surface area contributed by atoms with E-state index in [1.54, 1.807) is 66.7 Å². The standard InChI is InChI=1S/C25H22O7/c26-21(24(28)30-16-18-10-4-1-5-11-18)22(32-23(27)20-14-8-3-9-15-20)25(29)31-17-19-12-6-2-7-13-19/h1-15,21-22,26H,16-17H2/t21-,22-/m0/s1. The Morgan fingerprint density at radius 2 is 1.09 bits per heavy atom. The van der Waals surface area contributed by atoms with Crippen molar-refractivity contribution in [2.24, 2.45) is 0 Å². The molecule has 0 unspecified atom stereocenters. The number of hydrogen-bond donors (Lipinski definition) is 1. The number of carbonyl (C=O) groups excluding carboxylic acids is 3. The summed E-state index contributed by atoms with van der Waals surface area (Å²) in [6.07, 6.45) is -3.95. The van der Waals surface area contributed by atoms with Gasteiger partial charge in [-0.2, -0.15) is 0 Å². The highest BCUT2D eigenvalue weighted by Crippen LogP contribution is 2.13. The van der Waals surface area contributed by atoms with E-state index in [9.17, 15) is 19.5 Å². The van der Waals surface area contributed by atoms with Gasteiger partial charge in [-0.15, -0.1) is 0 Å². The Kier molecular flexibility index (Phi) is 8.11. The molecule has 0 heterocycles. The summed E-state index contributed by atoms with van der Waals surface area (Å²) >= 11 is 0. The van der Waals surface area contributed by atoms with Gasteiger partial charge >= 0.3 is 17.9 Å². The second kappa shape index (κ2) is 11.4. The number of esters is 3. The van der Waals surface area contributed by atoms with Gasteiger partial charge in [0.25, 0.3) is 0 Å². The minimum atomic E-state index is -2.06. The zero-order chi connectivity index (χ0) is 22.8.